The summed E-state index contributed by atoms with van der Waals surface area (Å²) in [4.78, 5) is 21.9. The minimum atomic E-state index is -1.15. The lowest BCUT2D eigenvalue weighted by Crippen LogP contribution is -2.24. The Hall–Kier alpha value is -3.16. The molecule has 124 valence electrons. The monoisotopic (exact) mass is 332 g/mol. The van der Waals surface area contributed by atoms with Gasteiger partial charge in [0.15, 0.2) is 11.5 Å². The van der Waals surface area contributed by atoms with Gasteiger partial charge in [0.1, 0.15) is 13.2 Å². The number of carbonyl (C=O) groups excluding carboxylic acids is 1. The molecule has 3 rings (SSSR count). The molecule has 1 amide bonds. The van der Waals surface area contributed by atoms with E-state index in [1.54, 1.807) is 18.2 Å². The number of amides is 1. The van der Waals surface area contributed by atoms with E-state index >= 15 is 0 Å². The Morgan fingerprint density at radius 2 is 1.96 bits per heavy atom. The third-order valence-electron chi connectivity index (χ3n) is 3.48. The van der Waals surface area contributed by atoms with E-state index in [-0.39, 0.29) is 12.1 Å². The van der Waals surface area contributed by atoms with Crippen LogP contribution in [0.4, 0.5) is 10.1 Å². The van der Waals surface area contributed by atoms with Crippen LogP contribution in [-0.4, -0.2) is 24.0 Å². The number of benzene rings is 2. The summed E-state index contributed by atoms with van der Waals surface area (Å²) in [6.07, 6.45) is 0. The molecule has 0 saturated carbocycles. The predicted molar refractivity (Wildman–Crippen MR) is 81.7 cm³/mol. The lowest BCUT2D eigenvalue weighted by molar-refractivity contribution is -0.387. The van der Waals surface area contributed by atoms with E-state index in [0.717, 1.165) is 11.6 Å². The van der Waals surface area contributed by atoms with Gasteiger partial charge in [0.2, 0.25) is 5.82 Å². The van der Waals surface area contributed by atoms with Gasteiger partial charge in [-0.2, -0.15) is 4.39 Å². The maximum absolute atomic E-state index is 14.0. The molecule has 1 aliphatic rings. The fraction of sp³-hybridized carbons (Fsp3) is 0.188. The summed E-state index contributed by atoms with van der Waals surface area (Å²) in [6.45, 7) is 1.05. The number of ether oxygens (including phenoxy) is 2. The van der Waals surface area contributed by atoms with Crippen LogP contribution in [0.2, 0.25) is 0 Å². The maximum atomic E-state index is 14.0. The highest BCUT2D eigenvalue weighted by atomic mass is 19.1. The summed E-state index contributed by atoms with van der Waals surface area (Å²) < 4.78 is 24.8. The normalized spacial score (nSPS) is 12.5. The minimum Gasteiger partial charge on any atom is -0.486 e. The van der Waals surface area contributed by atoms with Crippen LogP contribution in [0.25, 0.3) is 0 Å². The number of rotatable bonds is 4. The molecule has 2 aromatic carbocycles. The van der Waals surface area contributed by atoms with Crippen molar-refractivity contribution in [1.29, 1.82) is 0 Å². The van der Waals surface area contributed by atoms with E-state index in [4.69, 9.17) is 9.47 Å². The Labute approximate surface area is 136 Å². The zero-order chi connectivity index (χ0) is 17.1. The van der Waals surface area contributed by atoms with E-state index in [2.05, 4.69) is 5.32 Å². The van der Waals surface area contributed by atoms with Gasteiger partial charge >= 0.3 is 5.69 Å². The smallest absolute Gasteiger partial charge is 0.305 e. The Kier molecular flexibility index (Phi) is 4.28. The number of fused-ring (bicyclic) bond motifs is 1. The Bertz CT molecular complexity index is 809. The standard InChI is InChI=1S/C16H13FN2O5/c17-15-11(2-1-3-12(15)19(21)22)16(20)18-9-10-4-5-13-14(8-10)24-7-6-23-13/h1-5,8H,6-7,9H2,(H,18,20). The van der Waals surface area contributed by atoms with Crippen molar-refractivity contribution in [1.82, 2.24) is 5.32 Å². The van der Waals surface area contributed by atoms with Crippen molar-refractivity contribution in [2.75, 3.05) is 13.2 Å². The third kappa shape index (κ3) is 3.12. The number of carbonyl (C=O) groups is 1. The van der Waals surface area contributed by atoms with Crippen molar-refractivity contribution in [3.63, 3.8) is 0 Å². The minimum absolute atomic E-state index is 0.123. The molecule has 0 bridgehead atoms. The molecule has 0 atom stereocenters. The third-order valence-corrected chi connectivity index (χ3v) is 3.48. The molecular formula is C16H13FN2O5. The topological polar surface area (TPSA) is 90.7 Å². The van der Waals surface area contributed by atoms with Crippen molar-refractivity contribution in [3.05, 3.63) is 63.5 Å². The van der Waals surface area contributed by atoms with Crippen LogP contribution in [-0.2, 0) is 6.54 Å². The van der Waals surface area contributed by atoms with Crippen molar-refractivity contribution in [3.8, 4) is 11.5 Å². The highest BCUT2D eigenvalue weighted by molar-refractivity contribution is 5.95. The van der Waals surface area contributed by atoms with Crippen LogP contribution in [0.3, 0.4) is 0 Å². The summed E-state index contributed by atoms with van der Waals surface area (Å²) in [7, 11) is 0. The number of hydrogen-bond donors (Lipinski definition) is 1. The van der Waals surface area contributed by atoms with Gasteiger partial charge in [-0.15, -0.1) is 0 Å². The number of hydrogen-bond acceptors (Lipinski definition) is 5. The first-order chi connectivity index (χ1) is 11.6. The second kappa shape index (κ2) is 6.53. The van der Waals surface area contributed by atoms with Crippen molar-refractivity contribution < 1.29 is 23.6 Å². The van der Waals surface area contributed by atoms with E-state index < -0.39 is 22.3 Å². The molecule has 7 nitrogen and oxygen atoms in total. The zero-order valence-corrected chi connectivity index (χ0v) is 12.5. The van der Waals surface area contributed by atoms with E-state index in [1.807, 2.05) is 0 Å². The lowest BCUT2D eigenvalue weighted by atomic mass is 10.1. The fourth-order valence-corrected chi connectivity index (χ4v) is 2.31. The highest BCUT2D eigenvalue weighted by Gasteiger charge is 2.21. The van der Waals surface area contributed by atoms with Crippen LogP contribution in [0.1, 0.15) is 15.9 Å². The first kappa shape index (κ1) is 15.7. The second-order valence-electron chi connectivity index (χ2n) is 5.06. The van der Waals surface area contributed by atoms with Gasteiger partial charge in [0.05, 0.1) is 10.5 Å². The average molecular weight is 332 g/mol. The molecule has 24 heavy (non-hydrogen) atoms. The maximum Gasteiger partial charge on any atom is 0.305 e. The first-order valence-corrected chi connectivity index (χ1v) is 7.16. The molecule has 0 radical (unpaired) electrons. The second-order valence-corrected chi connectivity index (χ2v) is 5.06. The van der Waals surface area contributed by atoms with Gasteiger partial charge in [0.25, 0.3) is 5.91 Å². The molecule has 0 fully saturated rings. The van der Waals surface area contributed by atoms with Crippen LogP contribution >= 0.6 is 0 Å². The zero-order valence-electron chi connectivity index (χ0n) is 12.5. The molecule has 1 aliphatic heterocycles. The van der Waals surface area contributed by atoms with Crippen molar-refractivity contribution in [2.24, 2.45) is 0 Å². The molecule has 0 spiro atoms. The van der Waals surface area contributed by atoms with Gasteiger partial charge in [-0.25, -0.2) is 0 Å². The molecule has 0 aromatic heterocycles. The number of nitrogens with one attached hydrogen (secondary N) is 1. The fourth-order valence-electron chi connectivity index (χ4n) is 2.31. The van der Waals surface area contributed by atoms with E-state index in [1.165, 1.54) is 12.1 Å². The Morgan fingerprint density at radius 1 is 1.21 bits per heavy atom. The van der Waals surface area contributed by atoms with Crippen molar-refractivity contribution in [2.45, 2.75) is 6.54 Å². The SMILES string of the molecule is O=C(NCc1ccc2c(c1)OCCO2)c1cccc([N+](=O)[O-])c1F. The van der Waals surface area contributed by atoms with Gasteiger partial charge in [-0.1, -0.05) is 12.1 Å². The quantitative estimate of drug-likeness (QED) is 0.686. The largest absolute Gasteiger partial charge is 0.486 e. The van der Waals surface area contributed by atoms with Gasteiger partial charge in [-0.05, 0) is 23.8 Å². The summed E-state index contributed by atoms with van der Waals surface area (Å²) in [5, 5.41) is 13.3. The Balaban J connectivity index is 1.72. The number of nitro benzene ring substituents is 1. The molecule has 0 aliphatic carbocycles. The molecule has 0 saturated heterocycles. The molecule has 2 aromatic rings. The number of nitro groups is 1. The number of nitrogens with zero attached hydrogens (tertiary/aromatic N) is 1. The van der Waals surface area contributed by atoms with Gasteiger partial charge < -0.3 is 14.8 Å². The Morgan fingerprint density at radius 3 is 2.71 bits per heavy atom. The van der Waals surface area contributed by atoms with E-state index in [0.29, 0.717) is 24.7 Å². The summed E-state index contributed by atoms with van der Waals surface area (Å²) in [5.74, 6) is -0.677. The van der Waals surface area contributed by atoms with Crippen LogP contribution in [0.5, 0.6) is 11.5 Å². The van der Waals surface area contributed by atoms with Crippen LogP contribution in [0.15, 0.2) is 36.4 Å². The average Bonchev–Trinajstić information content (AvgIpc) is 2.59. The summed E-state index contributed by atoms with van der Waals surface area (Å²) in [6, 6.07) is 8.66. The van der Waals surface area contributed by atoms with Crippen molar-refractivity contribution >= 4 is 11.6 Å². The lowest BCUT2D eigenvalue weighted by Gasteiger charge is -2.19. The molecular weight excluding hydrogens is 319 g/mol. The van der Waals surface area contributed by atoms with Gasteiger partial charge in [-0.3, -0.25) is 14.9 Å². The molecule has 1 N–H and O–H groups in total. The van der Waals surface area contributed by atoms with Gasteiger partial charge in [0, 0.05) is 12.6 Å². The first-order valence-electron chi connectivity index (χ1n) is 7.16. The molecule has 1 heterocycles. The van der Waals surface area contributed by atoms with E-state index in [9.17, 15) is 19.3 Å². The summed E-state index contributed by atoms with van der Waals surface area (Å²) in [5.41, 5.74) is -0.373. The predicted octanol–water partition coefficient (Wildman–Crippen LogP) is 2.44. The van der Waals surface area contributed by atoms with Crippen LogP contribution in [0, 0.1) is 15.9 Å². The molecule has 8 heteroatoms. The van der Waals surface area contributed by atoms with Crippen LogP contribution < -0.4 is 14.8 Å². The number of halogens is 1. The highest BCUT2D eigenvalue weighted by Crippen LogP contribution is 2.30. The molecule has 0 unspecified atom stereocenters. The summed E-state index contributed by atoms with van der Waals surface area (Å²) >= 11 is 0.